The van der Waals surface area contributed by atoms with Crippen molar-refractivity contribution in [3.05, 3.63) is 176 Å². The van der Waals surface area contributed by atoms with Crippen LogP contribution in [0, 0.1) is 0 Å². The summed E-state index contributed by atoms with van der Waals surface area (Å²) >= 11 is 5.63. The lowest BCUT2D eigenvalue weighted by Crippen LogP contribution is -2.10. The van der Waals surface area contributed by atoms with Gasteiger partial charge in [-0.25, -0.2) is 0 Å². The first-order valence-corrected chi connectivity index (χ1v) is 20.0. The first-order chi connectivity index (χ1) is 25.8. The molecule has 244 valence electrons. The van der Waals surface area contributed by atoms with Crippen molar-refractivity contribution >= 4 is 112 Å². The molecule has 8 aromatic carbocycles. The van der Waals surface area contributed by atoms with Gasteiger partial charge in [0, 0.05) is 67.2 Å². The van der Waals surface area contributed by atoms with Gasteiger partial charge in [-0.15, -0.1) is 34.0 Å². The van der Waals surface area contributed by atoms with Crippen LogP contribution in [-0.4, -0.2) is 0 Å². The van der Waals surface area contributed by atoms with E-state index in [0.29, 0.717) is 0 Å². The Hall–Kier alpha value is -5.78. The number of benzene rings is 8. The molecule has 0 atom stereocenters. The third-order valence-electron chi connectivity index (χ3n) is 10.3. The first-order valence-electron chi connectivity index (χ1n) is 17.5. The predicted octanol–water partition coefficient (Wildman–Crippen LogP) is 15.6. The maximum absolute atomic E-state index is 2.44. The van der Waals surface area contributed by atoms with E-state index in [0.717, 1.165) is 11.4 Å². The Labute approximate surface area is 312 Å². The van der Waals surface area contributed by atoms with Crippen LogP contribution >= 0.6 is 34.0 Å². The Kier molecular flexibility index (Phi) is 6.84. The van der Waals surface area contributed by atoms with Crippen molar-refractivity contribution in [1.82, 2.24) is 0 Å². The Morgan fingerprint density at radius 3 is 1.44 bits per heavy atom. The normalized spacial score (nSPS) is 11.8. The molecular weight excluding hydrogens is 687 g/mol. The van der Waals surface area contributed by atoms with Gasteiger partial charge in [-0.05, 0) is 76.9 Å². The van der Waals surface area contributed by atoms with Gasteiger partial charge in [0.25, 0.3) is 0 Å². The summed E-state index contributed by atoms with van der Waals surface area (Å²) in [5.41, 5.74) is 8.47. The van der Waals surface area contributed by atoms with Gasteiger partial charge in [0.05, 0.1) is 10.4 Å². The zero-order valence-corrected chi connectivity index (χ0v) is 30.4. The van der Waals surface area contributed by atoms with Crippen LogP contribution < -0.4 is 4.90 Å². The first kappa shape index (κ1) is 29.9. The number of anilines is 3. The standard InChI is InChI=1S/C48H29NS3/c1-4-18-42-36(10-1)38-15-7-14-35(47(38)51-42)31-24-28-33(29-25-31)49(41-17-8-16-39-37-11-2-5-19-43(37)52-48(39)41)32-26-22-30(23-27-32)34-13-9-21-45-46(34)40-12-3-6-20-44(40)50-45/h1-29H. The summed E-state index contributed by atoms with van der Waals surface area (Å²) in [6.45, 7) is 0. The third kappa shape index (κ3) is 4.65. The molecule has 52 heavy (non-hydrogen) atoms. The van der Waals surface area contributed by atoms with E-state index in [1.54, 1.807) is 0 Å². The molecule has 0 aliphatic carbocycles. The van der Waals surface area contributed by atoms with E-state index in [9.17, 15) is 0 Å². The van der Waals surface area contributed by atoms with Crippen LogP contribution in [0.5, 0.6) is 0 Å². The van der Waals surface area contributed by atoms with Gasteiger partial charge >= 0.3 is 0 Å². The highest BCUT2D eigenvalue weighted by molar-refractivity contribution is 7.27. The average molecular weight is 716 g/mol. The van der Waals surface area contributed by atoms with Crippen molar-refractivity contribution in [2.75, 3.05) is 4.90 Å². The average Bonchev–Trinajstić information content (AvgIpc) is 3.90. The van der Waals surface area contributed by atoms with Crippen LogP contribution in [0.15, 0.2) is 176 Å². The van der Waals surface area contributed by atoms with Gasteiger partial charge in [0.15, 0.2) is 0 Å². The number of hydrogen-bond acceptors (Lipinski definition) is 4. The fraction of sp³-hybridized carbons (Fsp3) is 0. The van der Waals surface area contributed by atoms with Gasteiger partial charge in [-0.1, -0.05) is 121 Å². The van der Waals surface area contributed by atoms with Crippen molar-refractivity contribution in [1.29, 1.82) is 0 Å². The maximum atomic E-state index is 2.44. The molecule has 3 heterocycles. The van der Waals surface area contributed by atoms with E-state index in [1.807, 2.05) is 34.0 Å². The number of nitrogens with zero attached hydrogens (tertiary/aromatic N) is 1. The number of thiophene rings is 3. The summed E-state index contributed by atoms with van der Waals surface area (Å²) in [5, 5.41) is 7.92. The van der Waals surface area contributed by atoms with Gasteiger partial charge in [0.1, 0.15) is 0 Å². The van der Waals surface area contributed by atoms with Crippen LogP contribution in [0.1, 0.15) is 0 Å². The molecule has 1 nitrogen and oxygen atoms in total. The second-order valence-electron chi connectivity index (χ2n) is 13.2. The highest BCUT2D eigenvalue weighted by Crippen LogP contribution is 2.47. The van der Waals surface area contributed by atoms with E-state index in [-0.39, 0.29) is 0 Å². The molecule has 0 bridgehead atoms. The van der Waals surface area contributed by atoms with Crippen molar-refractivity contribution in [2.45, 2.75) is 0 Å². The number of fused-ring (bicyclic) bond motifs is 9. The monoisotopic (exact) mass is 715 g/mol. The second kappa shape index (κ2) is 11.9. The highest BCUT2D eigenvalue weighted by Gasteiger charge is 2.19. The molecule has 0 aliphatic rings. The van der Waals surface area contributed by atoms with Crippen molar-refractivity contribution in [3.8, 4) is 22.3 Å². The molecule has 0 spiro atoms. The Bertz CT molecular complexity index is 3130. The smallest absolute Gasteiger partial charge is 0.0640 e. The van der Waals surface area contributed by atoms with Gasteiger partial charge < -0.3 is 4.90 Å². The summed E-state index contributed by atoms with van der Waals surface area (Å²) in [6.07, 6.45) is 0. The highest BCUT2D eigenvalue weighted by atomic mass is 32.1. The maximum Gasteiger partial charge on any atom is 0.0640 e. The van der Waals surface area contributed by atoms with E-state index in [1.165, 1.54) is 88.5 Å². The largest absolute Gasteiger partial charge is 0.309 e. The van der Waals surface area contributed by atoms with Crippen LogP contribution in [0.4, 0.5) is 17.1 Å². The van der Waals surface area contributed by atoms with E-state index < -0.39 is 0 Å². The molecule has 0 amide bonds. The Balaban J connectivity index is 1.06. The van der Waals surface area contributed by atoms with Gasteiger partial charge in [-0.3, -0.25) is 0 Å². The fourth-order valence-electron chi connectivity index (χ4n) is 7.91. The molecule has 0 unspecified atom stereocenters. The summed E-state index contributed by atoms with van der Waals surface area (Å²) < 4.78 is 7.93. The lowest BCUT2D eigenvalue weighted by Gasteiger charge is -2.26. The zero-order chi connectivity index (χ0) is 34.2. The third-order valence-corrected chi connectivity index (χ3v) is 13.9. The van der Waals surface area contributed by atoms with Crippen LogP contribution in [0.3, 0.4) is 0 Å². The summed E-state index contributed by atoms with van der Waals surface area (Å²) in [5.74, 6) is 0. The quantitative estimate of drug-likeness (QED) is 0.171. The zero-order valence-electron chi connectivity index (χ0n) is 27.9. The predicted molar refractivity (Wildman–Crippen MR) is 231 cm³/mol. The molecule has 11 rings (SSSR count). The van der Waals surface area contributed by atoms with Gasteiger partial charge in [-0.2, -0.15) is 0 Å². The van der Waals surface area contributed by atoms with Crippen LogP contribution in [0.25, 0.3) is 82.8 Å². The molecule has 0 fully saturated rings. The Morgan fingerprint density at radius 2 is 0.769 bits per heavy atom. The second-order valence-corrected chi connectivity index (χ2v) is 16.4. The molecule has 0 saturated heterocycles. The van der Waals surface area contributed by atoms with Crippen molar-refractivity contribution in [2.24, 2.45) is 0 Å². The minimum Gasteiger partial charge on any atom is -0.309 e. The van der Waals surface area contributed by atoms with Crippen molar-refractivity contribution < 1.29 is 0 Å². The van der Waals surface area contributed by atoms with Crippen LogP contribution in [0.2, 0.25) is 0 Å². The summed E-state index contributed by atoms with van der Waals surface area (Å²) in [7, 11) is 0. The lowest BCUT2D eigenvalue weighted by atomic mass is 9.99. The topological polar surface area (TPSA) is 3.24 Å². The number of hydrogen-bond donors (Lipinski definition) is 0. The summed E-state index contributed by atoms with van der Waals surface area (Å²) in [4.78, 5) is 2.44. The minimum atomic E-state index is 1.13. The van der Waals surface area contributed by atoms with E-state index >= 15 is 0 Å². The molecule has 3 aromatic heterocycles. The molecule has 0 saturated carbocycles. The van der Waals surface area contributed by atoms with Crippen LogP contribution in [-0.2, 0) is 0 Å². The fourth-order valence-corrected chi connectivity index (χ4v) is 11.5. The summed E-state index contributed by atoms with van der Waals surface area (Å²) in [6, 6.07) is 64.8. The van der Waals surface area contributed by atoms with Crippen molar-refractivity contribution in [3.63, 3.8) is 0 Å². The molecule has 11 aromatic rings. The molecule has 0 N–H and O–H groups in total. The van der Waals surface area contributed by atoms with E-state index in [2.05, 4.69) is 181 Å². The Morgan fingerprint density at radius 1 is 0.308 bits per heavy atom. The number of rotatable bonds is 5. The molecule has 0 radical (unpaired) electrons. The SMILES string of the molecule is c1ccc2c(c1)sc1c(-c3ccc(N(c4ccc(-c5cccc6sc7ccccc7c56)cc4)c4cccc5c4sc4ccccc45)cc3)cccc12. The van der Waals surface area contributed by atoms with E-state index in [4.69, 9.17) is 0 Å². The molecule has 0 aliphatic heterocycles. The molecule has 4 heteroatoms. The van der Waals surface area contributed by atoms with Gasteiger partial charge in [0.2, 0.25) is 0 Å². The minimum absolute atomic E-state index is 1.13. The lowest BCUT2D eigenvalue weighted by molar-refractivity contribution is 1.30. The molecular formula is C48H29NS3.